The molecule has 2 aromatic carbocycles. The SMILES string of the molecule is Cc1c(C(=O)OCc2ccccc2)sc2ncn(C/C(O)=C(/C#N)c3nc4ccccc4s3)c(=O)c12. The number of nitriles is 1. The summed E-state index contributed by atoms with van der Waals surface area (Å²) in [4.78, 5) is 35.4. The maximum Gasteiger partial charge on any atom is 0.349 e. The number of fused-ring (bicyclic) bond motifs is 2. The van der Waals surface area contributed by atoms with Gasteiger partial charge in [0.1, 0.15) is 38.7 Å². The van der Waals surface area contributed by atoms with Gasteiger partial charge in [0.2, 0.25) is 0 Å². The van der Waals surface area contributed by atoms with E-state index in [1.807, 2.05) is 60.7 Å². The lowest BCUT2D eigenvalue weighted by atomic mass is 10.2. The van der Waals surface area contributed by atoms with E-state index in [9.17, 15) is 20.0 Å². The molecule has 0 fully saturated rings. The Morgan fingerprint density at radius 1 is 1.14 bits per heavy atom. The van der Waals surface area contributed by atoms with Gasteiger partial charge in [-0.1, -0.05) is 42.5 Å². The molecule has 10 heteroatoms. The number of thiazole rings is 1. The number of aliphatic hydroxyl groups excluding tert-OH is 1. The molecule has 36 heavy (non-hydrogen) atoms. The number of esters is 1. The molecule has 0 spiro atoms. The van der Waals surface area contributed by atoms with Crippen LogP contribution in [0.25, 0.3) is 26.0 Å². The van der Waals surface area contributed by atoms with Crippen molar-refractivity contribution < 1.29 is 14.6 Å². The maximum atomic E-state index is 13.2. The number of aliphatic hydroxyl groups is 1. The van der Waals surface area contributed by atoms with Gasteiger partial charge in [0, 0.05) is 0 Å². The Bertz CT molecular complexity index is 1710. The Labute approximate surface area is 213 Å². The summed E-state index contributed by atoms with van der Waals surface area (Å²) in [5.41, 5.74) is 1.61. The average Bonchev–Trinajstić information content (AvgIpc) is 3.46. The van der Waals surface area contributed by atoms with Crippen molar-refractivity contribution in [2.24, 2.45) is 0 Å². The number of carbonyl (C=O) groups excluding carboxylic acids is 1. The Morgan fingerprint density at radius 2 is 1.89 bits per heavy atom. The van der Waals surface area contributed by atoms with Gasteiger partial charge in [-0.05, 0) is 30.2 Å². The van der Waals surface area contributed by atoms with E-state index in [1.54, 1.807) is 6.92 Å². The molecule has 0 aliphatic heterocycles. The predicted molar refractivity (Wildman–Crippen MR) is 139 cm³/mol. The third-order valence-electron chi connectivity index (χ3n) is 5.54. The highest BCUT2D eigenvalue weighted by Gasteiger charge is 2.22. The number of para-hydroxylation sites is 1. The summed E-state index contributed by atoms with van der Waals surface area (Å²) in [5, 5.41) is 21.1. The van der Waals surface area contributed by atoms with E-state index in [2.05, 4.69) is 9.97 Å². The molecule has 0 bridgehead atoms. The highest BCUT2D eigenvalue weighted by Crippen LogP contribution is 2.30. The minimum Gasteiger partial charge on any atom is -0.509 e. The molecule has 5 rings (SSSR count). The first-order valence-electron chi connectivity index (χ1n) is 10.8. The van der Waals surface area contributed by atoms with E-state index >= 15 is 0 Å². The fourth-order valence-corrected chi connectivity index (χ4v) is 5.73. The van der Waals surface area contributed by atoms with Crippen LogP contribution in [0.3, 0.4) is 0 Å². The molecule has 8 nitrogen and oxygen atoms in total. The first kappa shape index (κ1) is 23.4. The molecule has 0 atom stereocenters. The van der Waals surface area contributed by atoms with E-state index in [1.165, 1.54) is 22.2 Å². The lowest BCUT2D eigenvalue weighted by Crippen LogP contribution is -2.22. The summed E-state index contributed by atoms with van der Waals surface area (Å²) in [7, 11) is 0. The molecule has 3 aromatic heterocycles. The first-order valence-corrected chi connectivity index (χ1v) is 12.5. The molecule has 0 saturated heterocycles. The van der Waals surface area contributed by atoms with E-state index in [-0.39, 0.29) is 29.9 Å². The van der Waals surface area contributed by atoms with Crippen LogP contribution in [0, 0.1) is 18.3 Å². The molecule has 0 radical (unpaired) electrons. The van der Waals surface area contributed by atoms with E-state index in [0.717, 1.165) is 27.1 Å². The standard InChI is InChI=1S/C26H18N4O4S2/c1-15-21-24(36-22(15)26(33)34-13-16-7-3-2-4-8-16)28-14-30(25(21)32)12-19(31)17(11-27)23-29-18-9-5-6-10-20(18)35-23/h2-10,14,31H,12-13H2,1H3/b19-17+. The van der Waals surface area contributed by atoms with Gasteiger partial charge >= 0.3 is 5.97 Å². The number of ether oxygens (including phenoxy) is 1. The Balaban J connectivity index is 1.44. The van der Waals surface area contributed by atoms with Crippen molar-refractivity contribution in [2.75, 3.05) is 0 Å². The topological polar surface area (TPSA) is 118 Å². The first-order chi connectivity index (χ1) is 17.5. The van der Waals surface area contributed by atoms with Crippen LogP contribution in [0.1, 0.15) is 25.8 Å². The van der Waals surface area contributed by atoms with Gasteiger partial charge in [0.25, 0.3) is 5.56 Å². The molecule has 0 aliphatic rings. The Hall–Kier alpha value is -4.33. The normalized spacial score (nSPS) is 11.9. The van der Waals surface area contributed by atoms with Crippen molar-refractivity contribution >= 4 is 54.6 Å². The van der Waals surface area contributed by atoms with Crippen molar-refractivity contribution in [1.82, 2.24) is 14.5 Å². The summed E-state index contributed by atoms with van der Waals surface area (Å²) in [6.07, 6.45) is 1.29. The van der Waals surface area contributed by atoms with Crippen LogP contribution in [0.2, 0.25) is 0 Å². The van der Waals surface area contributed by atoms with E-state index in [0.29, 0.717) is 20.3 Å². The Kier molecular flexibility index (Phi) is 6.33. The van der Waals surface area contributed by atoms with Gasteiger partial charge in [-0.3, -0.25) is 9.36 Å². The summed E-state index contributed by atoms with van der Waals surface area (Å²) >= 11 is 2.37. The molecule has 3 heterocycles. The smallest absolute Gasteiger partial charge is 0.349 e. The van der Waals surface area contributed by atoms with Crippen molar-refractivity contribution in [3.05, 3.63) is 98.0 Å². The monoisotopic (exact) mass is 514 g/mol. The molecule has 0 aliphatic carbocycles. The molecule has 0 amide bonds. The van der Waals surface area contributed by atoms with Crippen LogP contribution in [-0.2, 0) is 17.9 Å². The van der Waals surface area contributed by atoms with Crippen molar-refractivity contribution in [3.63, 3.8) is 0 Å². The van der Waals surface area contributed by atoms with E-state index in [4.69, 9.17) is 4.74 Å². The molecule has 1 N–H and O–H groups in total. The number of allylic oxidation sites excluding steroid dienone is 2. The Morgan fingerprint density at radius 3 is 2.64 bits per heavy atom. The van der Waals surface area contributed by atoms with Crippen molar-refractivity contribution in [3.8, 4) is 6.07 Å². The van der Waals surface area contributed by atoms with Gasteiger partial charge in [-0.2, -0.15) is 5.26 Å². The molecule has 5 aromatic rings. The number of aromatic nitrogens is 3. The number of hydrogen-bond acceptors (Lipinski definition) is 9. The molecular formula is C26H18N4O4S2. The van der Waals surface area contributed by atoms with Gasteiger partial charge < -0.3 is 9.84 Å². The summed E-state index contributed by atoms with van der Waals surface area (Å²) in [5.74, 6) is -0.828. The number of rotatable bonds is 6. The minimum atomic E-state index is -0.532. The van der Waals surface area contributed by atoms with Crippen LogP contribution in [0.4, 0.5) is 0 Å². The van der Waals surface area contributed by atoms with E-state index < -0.39 is 11.5 Å². The number of hydrogen-bond donors (Lipinski definition) is 1. The van der Waals surface area contributed by atoms with Gasteiger partial charge in [-0.25, -0.2) is 14.8 Å². The highest BCUT2D eigenvalue weighted by molar-refractivity contribution is 7.20. The number of benzene rings is 2. The predicted octanol–water partition coefficient (Wildman–Crippen LogP) is 5.23. The van der Waals surface area contributed by atoms with Crippen molar-refractivity contribution in [2.45, 2.75) is 20.1 Å². The van der Waals surface area contributed by atoms with Crippen LogP contribution < -0.4 is 5.56 Å². The van der Waals surface area contributed by atoms with Crippen LogP contribution in [0.5, 0.6) is 0 Å². The van der Waals surface area contributed by atoms with Crippen LogP contribution in [-0.4, -0.2) is 25.6 Å². The van der Waals surface area contributed by atoms with Crippen molar-refractivity contribution in [1.29, 1.82) is 5.26 Å². The zero-order valence-corrected chi connectivity index (χ0v) is 20.6. The lowest BCUT2D eigenvalue weighted by molar-refractivity contribution is 0.0478. The summed E-state index contributed by atoms with van der Waals surface area (Å²) in [6.45, 7) is 1.53. The average molecular weight is 515 g/mol. The van der Waals surface area contributed by atoms with Gasteiger partial charge in [0.15, 0.2) is 0 Å². The second-order valence-corrected chi connectivity index (χ2v) is 9.93. The summed E-state index contributed by atoms with van der Waals surface area (Å²) in [6, 6.07) is 18.7. The second kappa shape index (κ2) is 9.73. The zero-order valence-electron chi connectivity index (χ0n) is 19.0. The fraction of sp³-hybridized carbons (Fsp3) is 0.115. The molecule has 178 valence electrons. The lowest BCUT2D eigenvalue weighted by Gasteiger charge is -2.06. The minimum absolute atomic E-state index is 0.00424. The van der Waals surface area contributed by atoms with Gasteiger partial charge in [-0.15, -0.1) is 22.7 Å². The largest absolute Gasteiger partial charge is 0.509 e. The molecule has 0 saturated carbocycles. The van der Waals surface area contributed by atoms with Gasteiger partial charge in [0.05, 0.1) is 28.5 Å². The number of aryl methyl sites for hydroxylation is 1. The quantitative estimate of drug-likeness (QED) is 0.187. The zero-order chi connectivity index (χ0) is 25.2. The highest BCUT2D eigenvalue weighted by atomic mass is 32.1. The molecule has 0 unspecified atom stereocenters. The third-order valence-corrected chi connectivity index (χ3v) is 7.78. The fourth-order valence-electron chi connectivity index (χ4n) is 3.71. The van der Waals surface area contributed by atoms with Crippen LogP contribution in [0.15, 0.2) is 71.5 Å². The second-order valence-electron chi connectivity index (χ2n) is 7.90. The number of carbonyl (C=O) groups is 1. The maximum absolute atomic E-state index is 13.2. The third kappa shape index (κ3) is 4.37. The molecular weight excluding hydrogens is 496 g/mol. The summed E-state index contributed by atoms with van der Waals surface area (Å²) < 4.78 is 7.52. The number of thiophene rings is 1. The number of nitrogens with zero attached hydrogens (tertiary/aromatic N) is 4. The van der Waals surface area contributed by atoms with Crippen LogP contribution >= 0.6 is 22.7 Å².